The summed E-state index contributed by atoms with van der Waals surface area (Å²) in [5, 5.41) is 1.24. The van der Waals surface area contributed by atoms with Crippen molar-refractivity contribution in [3.63, 3.8) is 0 Å². The van der Waals surface area contributed by atoms with Gasteiger partial charge in [0, 0.05) is 20.1 Å². The molecule has 0 unspecified atom stereocenters. The van der Waals surface area contributed by atoms with E-state index in [0.29, 0.717) is 16.6 Å². The van der Waals surface area contributed by atoms with E-state index in [1.54, 1.807) is 0 Å². The molecule has 0 fully saturated rings. The van der Waals surface area contributed by atoms with Gasteiger partial charge in [0.2, 0.25) is 5.96 Å². The van der Waals surface area contributed by atoms with Crippen molar-refractivity contribution in [2.45, 2.75) is 0 Å². The molecule has 0 aliphatic carbocycles. The van der Waals surface area contributed by atoms with E-state index in [2.05, 4.69) is 16.5 Å². The van der Waals surface area contributed by atoms with Crippen molar-refractivity contribution in [1.29, 1.82) is 0 Å². The van der Waals surface area contributed by atoms with E-state index >= 15 is 0 Å². The highest BCUT2D eigenvalue weighted by Crippen LogP contribution is 2.34. The predicted octanol–water partition coefficient (Wildman–Crippen LogP) is 3.29. The number of guanidine groups is 1. The fourth-order valence-electron chi connectivity index (χ4n) is 1.96. The van der Waals surface area contributed by atoms with Gasteiger partial charge in [-0.2, -0.15) is 0 Å². The van der Waals surface area contributed by atoms with Crippen LogP contribution in [0.3, 0.4) is 0 Å². The summed E-state index contributed by atoms with van der Waals surface area (Å²) >= 11 is 12.5. The topological polar surface area (TPSA) is 18.8 Å². The average Bonchev–Trinajstić information content (AvgIpc) is 2.74. The molecular weight excluding hydrogens is 269 g/mol. The van der Waals surface area contributed by atoms with Crippen LogP contribution in [0.25, 0.3) is 0 Å². The Kier molecular flexibility index (Phi) is 4.15. The first-order chi connectivity index (χ1) is 8.65. The third kappa shape index (κ3) is 2.47. The van der Waals surface area contributed by atoms with Gasteiger partial charge in [0.15, 0.2) is 0 Å². The Morgan fingerprint density at radius 3 is 2.61 bits per heavy atom. The summed E-state index contributed by atoms with van der Waals surface area (Å²) in [5.41, 5.74) is 0.785. The van der Waals surface area contributed by atoms with Crippen LogP contribution in [0, 0.1) is 0 Å². The number of halogens is 2. The molecule has 5 heteroatoms. The first kappa shape index (κ1) is 13.2. The van der Waals surface area contributed by atoms with Gasteiger partial charge < -0.3 is 9.80 Å². The van der Waals surface area contributed by atoms with Gasteiger partial charge in [0.1, 0.15) is 0 Å². The minimum absolute atomic E-state index is 0.618. The first-order valence-electron chi connectivity index (χ1n) is 5.73. The number of para-hydroxylation sites is 1. The lowest BCUT2D eigenvalue weighted by Gasteiger charge is -2.29. The van der Waals surface area contributed by atoms with Gasteiger partial charge in [-0.15, -0.1) is 6.58 Å². The van der Waals surface area contributed by atoms with Crippen LogP contribution >= 0.6 is 23.2 Å². The third-order valence-corrected chi connectivity index (χ3v) is 3.40. The molecule has 1 aliphatic rings. The summed E-state index contributed by atoms with van der Waals surface area (Å²) in [7, 11) is 2.01. The van der Waals surface area contributed by atoms with Gasteiger partial charge in [-0.05, 0) is 12.1 Å². The van der Waals surface area contributed by atoms with Gasteiger partial charge in [-0.1, -0.05) is 35.3 Å². The summed E-state index contributed by atoms with van der Waals surface area (Å²) in [6.45, 7) is 6.10. The second-order valence-electron chi connectivity index (χ2n) is 4.07. The molecule has 96 valence electrons. The van der Waals surface area contributed by atoms with Crippen molar-refractivity contribution in [3.8, 4) is 0 Å². The molecule has 0 radical (unpaired) electrons. The second-order valence-corrected chi connectivity index (χ2v) is 4.89. The molecule has 0 aromatic heterocycles. The number of anilines is 1. The lowest BCUT2D eigenvalue weighted by molar-refractivity contribution is 0.546. The van der Waals surface area contributed by atoms with Crippen molar-refractivity contribution in [2.75, 3.05) is 31.6 Å². The molecule has 0 atom stereocenters. The number of benzene rings is 1. The van der Waals surface area contributed by atoms with Crippen LogP contribution in [0.1, 0.15) is 0 Å². The molecule has 0 N–H and O–H groups in total. The molecular formula is C13H15Cl2N3. The van der Waals surface area contributed by atoms with E-state index < -0.39 is 0 Å². The maximum atomic E-state index is 6.25. The van der Waals surface area contributed by atoms with Gasteiger partial charge in [0.25, 0.3) is 0 Å². The normalized spacial score (nSPS) is 14.6. The van der Waals surface area contributed by atoms with Gasteiger partial charge >= 0.3 is 0 Å². The molecule has 3 nitrogen and oxygen atoms in total. The largest absolute Gasteiger partial charge is 0.344 e. The number of likely N-dealkylation sites (N-methyl/N-ethyl adjacent to an activating group) is 1. The van der Waals surface area contributed by atoms with E-state index in [0.717, 1.165) is 24.7 Å². The monoisotopic (exact) mass is 283 g/mol. The number of hydrogen-bond acceptors (Lipinski definition) is 3. The molecule has 0 bridgehead atoms. The number of aliphatic imine (C=N–C) groups is 1. The van der Waals surface area contributed by atoms with Crippen molar-refractivity contribution in [1.82, 2.24) is 4.90 Å². The van der Waals surface area contributed by atoms with Gasteiger partial charge in [-0.3, -0.25) is 4.99 Å². The highest BCUT2D eigenvalue weighted by Gasteiger charge is 2.23. The lowest BCUT2D eigenvalue weighted by atomic mass is 10.3. The molecule has 0 amide bonds. The highest BCUT2D eigenvalue weighted by atomic mass is 35.5. The van der Waals surface area contributed by atoms with Crippen molar-refractivity contribution in [3.05, 3.63) is 40.9 Å². The SMILES string of the molecule is C=CCN(C1=NCCN1C)c1c(Cl)cccc1Cl. The third-order valence-electron chi connectivity index (χ3n) is 2.79. The molecule has 1 aromatic rings. The summed E-state index contributed by atoms with van der Waals surface area (Å²) in [6, 6.07) is 5.49. The fourth-order valence-corrected chi connectivity index (χ4v) is 2.56. The summed E-state index contributed by atoms with van der Waals surface area (Å²) in [5.74, 6) is 0.880. The number of hydrogen-bond donors (Lipinski definition) is 0. The Morgan fingerprint density at radius 2 is 2.11 bits per heavy atom. The molecule has 1 heterocycles. The predicted molar refractivity (Wildman–Crippen MR) is 78.9 cm³/mol. The van der Waals surface area contributed by atoms with E-state index in [9.17, 15) is 0 Å². The van der Waals surface area contributed by atoms with Crippen molar-refractivity contribution < 1.29 is 0 Å². The maximum Gasteiger partial charge on any atom is 0.201 e. The Bertz CT molecular complexity index is 465. The van der Waals surface area contributed by atoms with Crippen molar-refractivity contribution >= 4 is 34.8 Å². The molecule has 0 spiro atoms. The Balaban J connectivity index is 2.44. The quantitative estimate of drug-likeness (QED) is 0.793. The van der Waals surface area contributed by atoms with Crippen LogP contribution in [0.5, 0.6) is 0 Å². The Morgan fingerprint density at radius 1 is 1.44 bits per heavy atom. The highest BCUT2D eigenvalue weighted by molar-refractivity contribution is 6.40. The first-order valence-corrected chi connectivity index (χ1v) is 6.48. The lowest BCUT2D eigenvalue weighted by Crippen LogP contribution is -2.40. The van der Waals surface area contributed by atoms with Gasteiger partial charge in [-0.25, -0.2) is 0 Å². The minimum atomic E-state index is 0.618. The van der Waals surface area contributed by atoms with Crippen LogP contribution in [-0.4, -0.2) is 37.5 Å². The second kappa shape index (κ2) is 5.63. The van der Waals surface area contributed by atoms with E-state index in [1.807, 2.05) is 36.2 Å². The average molecular weight is 284 g/mol. The summed E-state index contributed by atoms with van der Waals surface area (Å²) in [4.78, 5) is 8.57. The Labute approximate surface area is 117 Å². The van der Waals surface area contributed by atoms with Crippen LogP contribution in [0.2, 0.25) is 10.0 Å². The van der Waals surface area contributed by atoms with Crippen LogP contribution in [0.4, 0.5) is 5.69 Å². The summed E-state index contributed by atoms with van der Waals surface area (Å²) < 4.78 is 0. The number of nitrogens with zero attached hydrogens (tertiary/aromatic N) is 3. The molecule has 2 rings (SSSR count). The zero-order valence-corrected chi connectivity index (χ0v) is 11.7. The number of rotatable bonds is 3. The van der Waals surface area contributed by atoms with E-state index in [1.165, 1.54) is 0 Å². The van der Waals surface area contributed by atoms with E-state index in [4.69, 9.17) is 23.2 Å². The van der Waals surface area contributed by atoms with Crippen LogP contribution < -0.4 is 4.90 Å². The smallest absolute Gasteiger partial charge is 0.201 e. The van der Waals surface area contributed by atoms with Crippen molar-refractivity contribution in [2.24, 2.45) is 4.99 Å². The van der Waals surface area contributed by atoms with Crippen LogP contribution in [-0.2, 0) is 0 Å². The molecule has 1 aliphatic heterocycles. The van der Waals surface area contributed by atoms with E-state index in [-0.39, 0.29) is 0 Å². The zero-order valence-electron chi connectivity index (χ0n) is 10.2. The zero-order chi connectivity index (χ0) is 13.1. The molecule has 0 saturated heterocycles. The molecule has 18 heavy (non-hydrogen) atoms. The van der Waals surface area contributed by atoms with Gasteiger partial charge in [0.05, 0.1) is 22.3 Å². The maximum absolute atomic E-state index is 6.25. The minimum Gasteiger partial charge on any atom is -0.344 e. The van der Waals surface area contributed by atoms with Crippen LogP contribution in [0.15, 0.2) is 35.8 Å². The summed E-state index contributed by atoms with van der Waals surface area (Å²) in [6.07, 6.45) is 1.81. The fraction of sp³-hybridized carbons (Fsp3) is 0.308. The Hall–Kier alpha value is -1.19. The molecule has 1 aromatic carbocycles. The molecule has 0 saturated carbocycles. The standard InChI is InChI=1S/C13H15Cl2N3/c1-3-8-18(13-16-7-9-17(13)2)12-10(14)5-4-6-11(12)15/h3-6H,1,7-9H2,2H3.